The van der Waals surface area contributed by atoms with Gasteiger partial charge in [-0.15, -0.1) is 0 Å². The lowest BCUT2D eigenvalue weighted by Crippen LogP contribution is -2.23. The van der Waals surface area contributed by atoms with Crippen molar-refractivity contribution in [3.05, 3.63) is 77.8 Å². The molecule has 2 aromatic carbocycles. The first-order valence-corrected chi connectivity index (χ1v) is 9.04. The molecule has 5 heteroatoms. The van der Waals surface area contributed by atoms with Crippen LogP contribution in [0.5, 0.6) is 0 Å². The van der Waals surface area contributed by atoms with Crippen molar-refractivity contribution in [2.45, 2.75) is 32.7 Å². The molecule has 1 aromatic heterocycles. The van der Waals surface area contributed by atoms with Gasteiger partial charge in [-0.05, 0) is 12.0 Å². The number of carbonyl (C=O) groups excluding carboxylic acids is 2. The highest BCUT2D eigenvalue weighted by molar-refractivity contribution is 5.97. The molecule has 27 heavy (non-hydrogen) atoms. The van der Waals surface area contributed by atoms with Crippen molar-refractivity contribution in [3.63, 3.8) is 0 Å². The number of hydrogen-bond donors (Lipinski definition) is 1. The number of aromatic nitrogens is 1. The maximum atomic E-state index is 12.2. The average molecular weight is 362 g/mol. The molecule has 0 aliphatic heterocycles. The highest BCUT2D eigenvalue weighted by Gasteiger charge is 2.11. The molecule has 0 bridgehead atoms. The average Bonchev–Trinajstić information content (AvgIpc) is 3.20. The Labute approximate surface area is 158 Å². The molecule has 0 atom stereocenters. The Balaban J connectivity index is 1.45. The van der Waals surface area contributed by atoms with Crippen LogP contribution < -0.4 is 5.32 Å². The highest BCUT2D eigenvalue weighted by Crippen LogP contribution is 2.19. The van der Waals surface area contributed by atoms with Gasteiger partial charge < -0.3 is 9.73 Å². The van der Waals surface area contributed by atoms with Crippen LogP contribution in [0.15, 0.2) is 65.2 Å². The van der Waals surface area contributed by atoms with Crippen molar-refractivity contribution in [1.29, 1.82) is 0 Å². The summed E-state index contributed by atoms with van der Waals surface area (Å²) < 4.78 is 5.64. The third-order valence-corrected chi connectivity index (χ3v) is 4.31. The summed E-state index contributed by atoms with van der Waals surface area (Å²) in [4.78, 5) is 28.3. The first kappa shape index (κ1) is 18.6. The van der Waals surface area contributed by atoms with Crippen LogP contribution in [0.4, 0.5) is 0 Å². The number of amides is 1. The second-order valence-corrected chi connectivity index (χ2v) is 6.23. The Morgan fingerprint density at radius 1 is 1.00 bits per heavy atom. The summed E-state index contributed by atoms with van der Waals surface area (Å²) in [5.74, 6) is 0.859. The van der Waals surface area contributed by atoms with E-state index in [2.05, 4.69) is 17.2 Å². The summed E-state index contributed by atoms with van der Waals surface area (Å²) >= 11 is 0. The quantitative estimate of drug-likeness (QED) is 0.610. The van der Waals surface area contributed by atoms with Gasteiger partial charge >= 0.3 is 0 Å². The number of oxazole rings is 1. The van der Waals surface area contributed by atoms with Crippen molar-refractivity contribution < 1.29 is 14.0 Å². The van der Waals surface area contributed by atoms with Gasteiger partial charge in [-0.3, -0.25) is 9.59 Å². The Hall–Kier alpha value is -3.21. The van der Waals surface area contributed by atoms with Gasteiger partial charge in [-0.1, -0.05) is 61.5 Å². The number of aryl methyl sites for hydroxylation is 1. The lowest BCUT2D eigenvalue weighted by atomic mass is 10.0. The van der Waals surface area contributed by atoms with Crippen LogP contribution in [-0.2, 0) is 17.8 Å². The van der Waals surface area contributed by atoms with Crippen LogP contribution in [0.2, 0.25) is 0 Å². The molecule has 0 radical (unpaired) electrons. The minimum absolute atomic E-state index is 0.0321. The lowest BCUT2D eigenvalue weighted by Gasteiger charge is -2.04. The number of Topliss-reactive ketones (excluding diaryl/α,β-unsaturated/α-hetero) is 1. The van der Waals surface area contributed by atoms with E-state index in [0.29, 0.717) is 17.2 Å². The maximum absolute atomic E-state index is 12.2. The number of carbonyl (C=O) groups is 2. The van der Waals surface area contributed by atoms with Gasteiger partial charge in [0.15, 0.2) is 11.5 Å². The van der Waals surface area contributed by atoms with E-state index < -0.39 is 0 Å². The van der Waals surface area contributed by atoms with Crippen LogP contribution in [0.3, 0.4) is 0 Å². The number of hydrogen-bond acceptors (Lipinski definition) is 4. The smallest absolute Gasteiger partial charge is 0.220 e. The third kappa shape index (κ3) is 5.14. The maximum Gasteiger partial charge on any atom is 0.220 e. The van der Waals surface area contributed by atoms with Crippen molar-refractivity contribution in [3.8, 4) is 11.3 Å². The van der Waals surface area contributed by atoms with E-state index in [1.54, 1.807) is 6.20 Å². The zero-order valence-corrected chi connectivity index (χ0v) is 15.3. The molecule has 0 aliphatic rings. The van der Waals surface area contributed by atoms with Gasteiger partial charge in [-0.2, -0.15) is 0 Å². The Bertz CT molecular complexity index is 899. The van der Waals surface area contributed by atoms with Gasteiger partial charge in [0.25, 0.3) is 0 Å². The molecule has 0 spiro atoms. The van der Waals surface area contributed by atoms with E-state index in [-0.39, 0.29) is 31.1 Å². The molecule has 0 unspecified atom stereocenters. The molecule has 0 saturated heterocycles. The summed E-state index contributed by atoms with van der Waals surface area (Å²) in [6.07, 6.45) is 2.89. The van der Waals surface area contributed by atoms with Gasteiger partial charge in [0, 0.05) is 24.0 Å². The summed E-state index contributed by atoms with van der Waals surface area (Å²) in [7, 11) is 0. The largest absolute Gasteiger partial charge is 0.439 e. The van der Waals surface area contributed by atoms with Crippen molar-refractivity contribution in [2.24, 2.45) is 0 Å². The minimum atomic E-state index is -0.201. The summed E-state index contributed by atoms with van der Waals surface area (Å²) in [6, 6.07) is 17.2. The molecule has 0 fully saturated rings. The second kappa shape index (κ2) is 8.94. The van der Waals surface area contributed by atoms with Crippen LogP contribution in [0.25, 0.3) is 11.3 Å². The predicted octanol–water partition coefficient (Wildman–Crippen LogP) is 4.18. The monoisotopic (exact) mass is 362 g/mol. The molecule has 5 nitrogen and oxygen atoms in total. The van der Waals surface area contributed by atoms with E-state index in [4.69, 9.17) is 4.42 Å². The molecule has 1 amide bonds. The van der Waals surface area contributed by atoms with E-state index in [1.807, 2.05) is 54.6 Å². The highest BCUT2D eigenvalue weighted by atomic mass is 16.4. The second-order valence-electron chi connectivity index (χ2n) is 6.23. The molecular formula is C22H22N2O3. The zero-order chi connectivity index (χ0) is 19.1. The van der Waals surface area contributed by atoms with Crippen molar-refractivity contribution in [2.75, 3.05) is 0 Å². The van der Waals surface area contributed by atoms with E-state index in [0.717, 1.165) is 12.0 Å². The SMILES string of the molecule is CCc1ccc(C(=O)CCC(=O)NCc2ncc(-c3ccccc3)o2)cc1. The molecule has 3 rings (SSSR count). The molecule has 3 aromatic rings. The summed E-state index contributed by atoms with van der Waals surface area (Å²) in [6.45, 7) is 2.27. The predicted molar refractivity (Wildman–Crippen MR) is 103 cm³/mol. The fourth-order valence-corrected chi connectivity index (χ4v) is 2.69. The van der Waals surface area contributed by atoms with Crippen LogP contribution >= 0.6 is 0 Å². The van der Waals surface area contributed by atoms with Gasteiger partial charge in [-0.25, -0.2) is 4.98 Å². The number of rotatable bonds is 8. The standard InChI is InChI=1S/C22H22N2O3/c1-2-16-8-10-17(11-9-16)19(25)12-13-21(26)23-15-22-24-14-20(27-22)18-6-4-3-5-7-18/h3-11,14H,2,12-13,15H2,1H3,(H,23,26). The summed E-state index contributed by atoms with van der Waals surface area (Å²) in [5.41, 5.74) is 2.76. The molecule has 1 heterocycles. The molecular weight excluding hydrogens is 340 g/mol. The van der Waals surface area contributed by atoms with E-state index >= 15 is 0 Å². The number of nitrogens with zero attached hydrogens (tertiary/aromatic N) is 1. The van der Waals surface area contributed by atoms with Crippen LogP contribution in [0.1, 0.15) is 41.6 Å². The van der Waals surface area contributed by atoms with Crippen LogP contribution in [-0.4, -0.2) is 16.7 Å². The normalized spacial score (nSPS) is 10.6. The first-order chi connectivity index (χ1) is 13.2. The molecule has 0 saturated carbocycles. The lowest BCUT2D eigenvalue weighted by molar-refractivity contribution is -0.121. The fourth-order valence-electron chi connectivity index (χ4n) is 2.69. The zero-order valence-electron chi connectivity index (χ0n) is 15.3. The van der Waals surface area contributed by atoms with Crippen molar-refractivity contribution >= 4 is 11.7 Å². The Morgan fingerprint density at radius 2 is 1.74 bits per heavy atom. The van der Waals surface area contributed by atoms with Gasteiger partial charge in [0.05, 0.1) is 12.7 Å². The molecule has 0 aliphatic carbocycles. The van der Waals surface area contributed by atoms with E-state index in [1.165, 1.54) is 5.56 Å². The van der Waals surface area contributed by atoms with Gasteiger partial charge in [0.2, 0.25) is 11.8 Å². The summed E-state index contributed by atoms with van der Waals surface area (Å²) in [5, 5.41) is 2.74. The first-order valence-electron chi connectivity index (χ1n) is 9.04. The Morgan fingerprint density at radius 3 is 2.44 bits per heavy atom. The topological polar surface area (TPSA) is 72.2 Å². The minimum Gasteiger partial charge on any atom is -0.439 e. The van der Waals surface area contributed by atoms with Crippen LogP contribution in [0, 0.1) is 0 Å². The fraction of sp³-hybridized carbons (Fsp3) is 0.227. The molecule has 1 N–H and O–H groups in total. The van der Waals surface area contributed by atoms with Crippen molar-refractivity contribution in [1.82, 2.24) is 10.3 Å². The third-order valence-electron chi connectivity index (χ3n) is 4.31. The number of nitrogens with one attached hydrogen (secondary N) is 1. The Kier molecular flexibility index (Phi) is 6.15. The molecule has 138 valence electrons. The van der Waals surface area contributed by atoms with E-state index in [9.17, 15) is 9.59 Å². The number of benzene rings is 2. The number of ketones is 1. The van der Waals surface area contributed by atoms with Gasteiger partial charge in [0.1, 0.15) is 0 Å².